The second kappa shape index (κ2) is 4.49. The third-order valence-corrected chi connectivity index (χ3v) is 3.53. The Morgan fingerprint density at radius 2 is 2.47 bits per heavy atom. The number of aryl methyl sites for hydroxylation is 2. The summed E-state index contributed by atoms with van der Waals surface area (Å²) in [6, 6.07) is 1.89. The van der Waals surface area contributed by atoms with E-state index >= 15 is 0 Å². The van der Waals surface area contributed by atoms with Crippen LogP contribution in [0.2, 0.25) is 0 Å². The van der Waals surface area contributed by atoms with Gasteiger partial charge < -0.3 is 10.6 Å². The van der Waals surface area contributed by atoms with E-state index in [9.17, 15) is 4.79 Å². The van der Waals surface area contributed by atoms with Crippen molar-refractivity contribution < 1.29 is 4.79 Å². The van der Waals surface area contributed by atoms with E-state index in [4.69, 9.17) is 0 Å². The minimum absolute atomic E-state index is 0.0560. The van der Waals surface area contributed by atoms with Crippen molar-refractivity contribution in [2.75, 3.05) is 11.9 Å². The van der Waals surface area contributed by atoms with Crippen molar-refractivity contribution in [2.24, 2.45) is 7.05 Å². The van der Waals surface area contributed by atoms with E-state index in [0.29, 0.717) is 0 Å². The van der Waals surface area contributed by atoms with Gasteiger partial charge in [-0.05, 0) is 32.7 Å². The standard InChI is InChI=1S/C12H20N4O/c1-4-12(6-5-7-13-12)11(17)14-10-8-9(2)15-16(10)3/h8,13H,4-7H2,1-3H3,(H,14,17). The number of nitrogens with one attached hydrogen (secondary N) is 2. The van der Waals surface area contributed by atoms with Crippen LogP contribution in [0.3, 0.4) is 0 Å². The Morgan fingerprint density at radius 3 is 2.94 bits per heavy atom. The Bertz CT molecular complexity index is 418. The van der Waals surface area contributed by atoms with Crippen LogP contribution in [-0.4, -0.2) is 27.8 Å². The fourth-order valence-corrected chi connectivity index (χ4v) is 2.43. The van der Waals surface area contributed by atoms with Crippen molar-refractivity contribution in [3.63, 3.8) is 0 Å². The lowest BCUT2D eigenvalue weighted by molar-refractivity contribution is -0.122. The molecular weight excluding hydrogens is 216 g/mol. The highest BCUT2D eigenvalue weighted by molar-refractivity contribution is 5.97. The molecule has 1 amide bonds. The highest BCUT2D eigenvalue weighted by Gasteiger charge is 2.39. The largest absolute Gasteiger partial charge is 0.309 e. The fourth-order valence-electron chi connectivity index (χ4n) is 2.43. The van der Waals surface area contributed by atoms with Crippen molar-refractivity contribution >= 4 is 11.7 Å². The summed E-state index contributed by atoms with van der Waals surface area (Å²) in [5.41, 5.74) is 0.519. The van der Waals surface area contributed by atoms with Crippen molar-refractivity contribution in [2.45, 2.75) is 38.6 Å². The number of carbonyl (C=O) groups excluding carboxylic acids is 1. The molecule has 94 valence electrons. The summed E-state index contributed by atoms with van der Waals surface area (Å²) in [4.78, 5) is 12.3. The molecule has 1 saturated heterocycles. The molecule has 2 heterocycles. The van der Waals surface area contributed by atoms with Gasteiger partial charge in [-0.2, -0.15) is 5.10 Å². The van der Waals surface area contributed by atoms with Gasteiger partial charge in [0.05, 0.1) is 11.2 Å². The number of rotatable bonds is 3. The molecule has 1 atom stereocenters. The van der Waals surface area contributed by atoms with E-state index in [1.807, 2.05) is 27.0 Å². The maximum absolute atomic E-state index is 12.3. The highest BCUT2D eigenvalue weighted by Crippen LogP contribution is 2.24. The van der Waals surface area contributed by atoms with Gasteiger partial charge in [-0.3, -0.25) is 9.48 Å². The number of carbonyl (C=O) groups is 1. The van der Waals surface area contributed by atoms with Gasteiger partial charge in [-0.25, -0.2) is 0 Å². The minimum atomic E-state index is -0.391. The van der Waals surface area contributed by atoms with Crippen LogP contribution >= 0.6 is 0 Å². The van der Waals surface area contributed by atoms with Crippen molar-refractivity contribution in [1.82, 2.24) is 15.1 Å². The van der Waals surface area contributed by atoms with E-state index < -0.39 is 5.54 Å². The first-order valence-corrected chi connectivity index (χ1v) is 6.14. The van der Waals surface area contributed by atoms with Crippen LogP contribution in [0.1, 0.15) is 31.9 Å². The number of anilines is 1. The van der Waals surface area contributed by atoms with Gasteiger partial charge in [0.2, 0.25) is 5.91 Å². The van der Waals surface area contributed by atoms with Crippen LogP contribution in [0.25, 0.3) is 0 Å². The molecule has 5 heteroatoms. The van der Waals surface area contributed by atoms with Crippen LogP contribution < -0.4 is 10.6 Å². The summed E-state index contributed by atoms with van der Waals surface area (Å²) >= 11 is 0. The number of hydrogen-bond acceptors (Lipinski definition) is 3. The third-order valence-electron chi connectivity index (χ3n) is 3.53. The van der Waals surface area contributed by atoms with Gasteiger partial charge in [0.15, 0.2) is 0 Å². The fraction of sp³-hybridized carbons (Fsp3) is 0.667. The lowest BCUT2D eigenvalue weighted by Crippen LogP contribution is -2.50. The molecule has 5 nitrogen and oxygen atoms in total. The molecule has 1 aliphatic rings. The van der Waals surface area contributed by atoms with Gasteiger partial charge in [-0.15, -0.1) is 0 Å². The van der Waals surface area contributed by atoms with Gasteiger partial charge >= 0.3 is 0 Å². The summed E-state index contributed by atoms with van der Waals surface area (Å²) in [5, 5.41) is 10.5. The minimum Gasteiger partial charge on any atom is -0.309 e. The van der Waals surface area contributed by atoms with Crippen LogP contribution in [-0.2, 0) is 11.8 Å². The Balaban J connectivity index is 2.13. The molecule has 0 spiro atoms. The molecule has 0 bridgehead atoms. The van der Waals surface area contributed by atoms with Crippen molar-refractivity contribution in [3.05, 3.63) is 11.8 Å². The average Bonchev–Trinajstić information content (AvgIpc) is 2.87. The Kier molecular flexibility index (Phi) is 3.19. The number of nitrogens with zero attached hydrogens (tertiary/aromatic N) is 2. The van der Waals surface area contributed by atoms with Crippen molar-refractivity contribution in [1.29, 1.82) is 0 Å². The molecule has 1 aromatic heterocycles. The molecule has 1 unspecified atom stereocenters. The SMILES string of the molecule is CCC1(C(=O)Nc2cc(C)nn2C)CCCN1. The summed E-state index contributed by atoms with van der Waals surface area (Å²) in [5.74, 6) is 0.814. The normalized spacial score (nSPS) is 23.9. The molecule has 0 aromatic carbocycles. The van der Waals surface area contributed by atoms with E-state index in [1.165, 1.54) is 0 Å². The van der Waals surface area contributed by atoms with E-state index in [2.05, 4.69) is 15.7 Å². The van der Waals surface area contributed by atoms with Crippen LogP contribution in [0.4, 0.5) is 5.82 Å². The van der Waals surface area contributed by atoms with Gasteiger partial charge in [-0.1, -0.05) is 6.92 Å². The van der Waals surface area contributed by atoms with Gasteiger partial charge in [0, 0.05) is 13.1 Å². The lowest BCUT2D eigenvalue weighted by Gasteiger charge is -2.26. The maximum atomic E-state index is 12.3. The summed E-state index contributed by atoms with van der Waals surface area (Å²) < 4.78 is 1.70. The van der Waals surface area contributed by atoms with Gasteiger partial charge in [0.25, 0.3) is 0 Å². The number of hydrogen-bond donors (Lipinski definition) is 2. The molecule has 2 rings (SSSR count). The second-order valence-corrected chi connectivity index (χ2v) is 4.71. The quantitative estimate of drug-likeness (QED) is 0.829. The molecule has 0 saturated carbocycles. The first-order chi connectivity index (χ1) is 8.07. The van der Waals surface area contributed by atoms with Crippen LogP contribution in [0.15, 0.2) is 6.07 Å². The van der Waals surface area contributed by atoms with Crippen LogP contribution in [0, 0.1) is 6.92 Å². The molecule has 17 heavy (non-hydrogen) atoms. The van der Waals surface area contributed by atoms with Crippen LogP contribution in [0.5, 0.6) is 0 Å². The highest BCUT2D eigenvalue weighted by atomic mass is 16.2. The second-order valence-electron chi connectivity index (χ2n) is 4.71. The third kappa shape index (κ3) is 2.20. The molecule has 1 aliphatic heterocycles. The number of aromatic nitrogens is 2. The monoisotopic (exact) mass is 236 g/mol. The zero-order chi connectivity index (χ0) is 12.5. The first kappa shape index (κ1) is 12.1. The molecule has 1 fully saturated rings. The Labute approximate surface area is 102 Å². The molecule has 1 aromatic rings. The predicted octanol–water partition coefficient (Wildman–Crippen LogP) is 1.20. The first-order valence-electron chi connectivity index (χ1n) is 6.14. The molecular formula is C12H20N4O. The molecule has 0 radical (unpaired) electrons. The van der Waals surface area contributed by atoms with Crippen molar-refractivity contribution in [3.8, 4) is 0 Å². The maximum Gasteiger partial charge on any atom is 0.245 e. The smallest absolute Gasteiger partial charge is 0.245 e. The predicted molar refractivity (Wildman–Crippen MR) is 66.8 cm³/mol. The zero-order valence-corrected chi connectivity index (χ0v) is 10.7. The van der Waals surface area contributed by atoms with E-state index in [1.54, 1.807) is 4.68 Å². The number of amides is 1. The average molecular weight is 236 g/mol. The Morgan fingerprint density at radius 1 is 1.71 bits per heavy atom. The molecule has 2 N–H and O–H groups in total. The van der Waals surface area contributed by atoms with E-state index in [-0.39, 0.29) is 5.91 Å². The van der Waals surface area contributed by atoms with E-state index in [0.717, 1.165) is 37.3 Å². The topological polar surface area (TPSA) is 59.0 Å². The summed E-state index contributed by atoms with van der Waals surface area (Å²) in [7, 11) is 1.84. The van der Waals surface area contributed by atoms with Gasteiger partial charge in [0.1, 0.15) is 5.82 Å². The molecule has 0 aliphatic carbocycles. The zero-order valence-electron chi connectivity index (χ0n) is 10.7. The lowest BCUT2D eigenvalue weighted by atomic mass is 9.93. The Hall–Kier alpha value is -1.36. The summed E-state index contributed by atoms with van der Waals surface area (Å²) in [6.07, 6.45) is 2.79. The summed E-state index contributed by atoms with van der Waals surface area (Å²) in [6.45, 7) is 4.89.